The molecule has 1 unspecified atom stereocenters. The number of halogens is 1. The highest BCUT2D eigenvalue weighted by Gasteiger charge is 2.29. The van der Waals surface area contributed by atoms with E-state index < -0.39 is 11.6 Å². The standard InChI is InChI=1S/C11H11BrN2O3/c1-11(17,10(15)16)6-14-9-3-2-8(12)4-7(9)5-13/h2-4,14,17H,6H2,1H3,(H,15,16). The van der Waals surface area contributed by atoms with Gasteiger partial charge >= 0.3 is 5.97 Å². The van der Waals surface area contributed by atoms with Crippen LogP contribution in [-0.2, 0) is 4.79 Å². The first-order valence-electron chi connectivity index (χ1n) is 4.76. The molecule has 0 heterocycles. The summed E-state index contributed by atoms with van der Waals surface area (Å²) < 4.78 is 0.754. The lowest BCUT2D eigenvalue weighted by Gasteiger charge is -2.19. The fourth-order valence-corrected chi connectivity index (χ4v) is 1.47. The molecule has 0 aliphatic carbocycles. The highest BCUT2D eigenvalue weighted by molar-refractivity contribution is 9.10. The molecule has 0 radical (unpaired) electrons. The van der Waals surface area contributed by atoms with Gasteiger partial charge in [-0.05, 0) is 25.1 Å². The lowest BCUT2D eigenvalue weighted by molar-refractivity contribution is -0.155. The molecule has 5 nitrogen and oxygen atoms in total. The van der Waals surface area contributed by atoms with E-state index in [1.807, 2.05) is 6.07 Å². The summed E-state index contributed by atoms with van der Waals surface area (Å²) in [4.78, 5) is 10.7. The quantitative estimate of drug-likeness (QED) is 0.784. The molecule has 0 bridgehead atoms. The molecule has 1 rings (SSSR count). The third-order valence-corrected chi connectivity index (χ3v) is 2.68. The van der Waals surface area contributed by atoms with Gasteiger partial charge in [-0.1, -0.05) is 15.9 Å². The third-order valence-electron chi connectivity index (χ3n) is 2.19. The zero-order valence-electron chi connectivity index (χ0n) is 9.07. The summed E-state index contributed by atoms with van der Waals surface area (Å²) in [5.41, 5.74) is -1.02. The van der Waals surface area contributed by atoms with Gasteiger partial charge in [-0.25, -0.2) is 4.79 Å². The van der Waals surface area contributed by atoms with Gasteiger partial charge in [-0.2, -0.15) is 5.26 Å². The summed E-state index contributed by atoms with van der Waals surface area (Å²) >= 11 is 3.23. The Hall–Kier alpha value is -1.58. The van der Waals surface area contributed by atoms with Crippen LogP contribution in [0.3, 0.4) is 0 Å². The van der Waals surface area contributed by atoms with Gasteiger partial charge < -0.3 is 15.5 Å². The predicted octanol–water partition coefficient (Wildman–Crippen LogP) is 1.57. The topological polar surface area (TPSA) is 93.4 Å². The zero-order valence-corrected chi connectivity index (χ0v) is 10.7. The van der Waals surface area contributed by atoms with Crippen LogP contribution in [0.25, 0.3) is 0 Å². The second-order valence-corrected chi connectivity index (χ2v) is 4.65. The van der Waals surface area contributed by atoms with Crippen molar-refractivity contribution in [2.24, 2.45) is 0 Å². The van der Waals surface area contributed by atoms with Gasteiger partial charge in [0.05, 0.1) is 17.8 Å². The Bertz CT molecular complexity index is 480. The van der Waals surface area contributed by atoms with Crippen LogP contribution in [0.5, 0.6) is 0 Å². The van der Waals surface area contributed by atoms with Gasteiger partial charge in [0.15, 0.2) is 5.60 Å². The summed E-state index contributed by atoms with van der Waals surface area (Å²) in [6, 6.07) is 6.95. The highest BCUT2D eigenvalue weighted by atomic mass is 79.9. The van der Waals surface area contributed by atoms with Crippen LogP contribution in [0.4, 0.5) is 5.69 Å². The average molecular weight is 299 g/mol. The van der Waals surface area contributed by atoms with Crippen LogP contribution < -0.4 is 5.32 Å². The molecule has 0 saturated carbocycles. The van der Waals surface area contributed by atoms with E-state index in [0.717, 1.165) is 4.47 Å². The normalized spacial score (nSPS) is 13.5. The number of aliphatic carboxylic acids is 1. The largest absolute Gasteiger partial charge is 0.479 e. The van der Waals surface area contributed by atoms with E-state index >= 15 is 0 Å². The first-order chi connectivity index (χ1) is 7.86. The van der Waals surface area contributed by atoms with E-state index in [-0.39, 0.29) is 6.54 Å². The second-order valence-electron chi connectivity index (χ2n) is 3.73. The van der Waals surface area contributed by atoms with Gasteiger partial charge in [0.2, 0.25) is 0 Å². The molecule has 0 spiro atoms. The van der Waals surface area contributed by atoms with E-state index in [1.165, 1.54) is 6.92 Å². The Morgan fingerprint density at radius 3 is 2.82 bits per heavy atom. The Morgan fingerprint density at radius 1 is 1.65 bits per heavy atom. The van der Waals surface area contributed by atoms with Crippen LogP contribution in [0.1, 0.15) is 12.5 Å². The van der Waals surface area contributed by atoms with Crippen molar-refractivity contribution in [2.45, 2.75) is 12.5 Å². The molecule has 1 aromatic carbocycles. The van der Waals surface area contributed by atoms with Gasteiger partial charge in [0, 0.05) is 4.47 Å². The number of rotatable bonds is 4. The highest BCUT2D eigenvalue weighted by Crippen LogP contribution is 2.20. The Labute approximate surface area is 107 Å². The molecule has 3 N–H and O–H groups in total. The lowest BCUT2D eigenvalue weighted by atomic mass is 10.1. The minimum absolute atomic E-state index is 0.182. The van der Waals surface area contributed by atoms with Crippen molar-refractivity contribution in [3.8, 4) is 6.07 Å². The number of nitrogens with zero attached hydrogens (tertiary/aromatic N) is 1. The number of carbonyl (C=O) groups is 1. The summed E-state index contributed by atoms with van der Waals surface area (Å²) in [5, 5.41) is 29.9. The number of anilines is 1. The van der Waals surface area contributed by atoms with Crippen LogP contribution in [0.15, 0.2) is 22.7 Å². The molecule has 0 amide bonds. The van der Waals surface area contributed by atoms with E-state index in [9.17, 15) is 9.90 Å². The van der Waals surface area contributed by atoms with Gasteiger partial charge in [-0.3, -0.25) is 0 Å². The zero-order chi connectivity index (χ0) is 13.1. The minimum Gasteiger partial charge on any atom is -0.479 e. The third kappa shape index (κ3) is 3.44. The van der Waals surface area contributed by atoms with Crippen molar-refractivity contribution in [3.63, 3.8) is 0 Å². The van der Waals surface area contributed by atoms with Gasteiger partial charge in [0.25, 0.3) is 0 Å². The maximum Gasteiger partial charge on any atom is 0.337 e. The summed E-state index contributed by atoms with van der Waals surface area (Å²) in [6.07, 6.45) is 0. The second kappa shape index (κ2) is 5.17. The summed E-state index contributed by atoms with van der Waals surface area (Å²) in [6.45, 7) is 1.01. The molecule has 0 fully saturated rings. The Morgan fingerprint density at radius 2 is 2.29 bits per heavy atom. The minimum atomic E-state index is -1.88. The molecule has 0 aliphatic heterocycles. The molecular formula is C11H11BrN2O3. The SMILES string of the molecule is CC(O)(CNc1ccc(Br)cc1C#N)C(=O)O. The monoisotopic (exact) mass is 298 g/mol. The first-order valence-corrected chi connectivity index (χ1v) is 5.55. The number of hydrogen-bond acceptors (Lipinski definition) is 4. The van der Waals surface area contributed by atoms with Gasteiger partial charge in [0.1, 0.15) is 6.07 Å². The van der Waals surface area contributed by atoms with E-state index in [2.05, 4.69) is 21.2 Å². The van der Waals surface area contributed by atoms with E-state index in [4.69, 9.17) is 10.4 Å². The predicted molar refractivity (Wildman–Crippen MR) is 65.6 cm³/mol. The number of carboxylic acids is 1. The maximum atomic E-state index is 10.7. The van der Waals surface area contributed by atoms with Crippen molar-refractivity contribution in [1.82, 2.24) is 0 Å². The number of benzene rings is 1. The van der Waals surface area contributed by atoms with Crippen molar-refractivity contribution in [3.05, 3.63) is 28.2 Å². The number of nitrogens with one attached hydrogen (secondary N) is 1. The first kappa shape index (κ1) is 13.5. The molecule has 17 heavy (non-hydrogen) atoms. The molecular weight excluding hydrogens is 288 g/mol. The number of carboxylic acid groups (broad SMARTS) is 1. The smallest absolute Gasteiger partial charge is 0.337 e. The molecule has 1 atom stereocenters. The Balaban J connectivity index is 2.84. The number of nitriles is 1. The fraction of sp³-hybridized carbons (Fsp3) is 0.273. The number of aliphatic hydroxyl groups is 1. The molecule has 6 heteroatoms. The van der Waals surface area contributed by atoms with Gasteiger partial charge in [-0.15, -0.1) is 0 Å². The van der Waals surface area contributed by atoms with Crippen molar-refractivity contribution < 1.29 is 15.0 Å². The van der Waals surface area contributed by atoms with E-state index in [1.54, 1.807) is 18.2 Å². The van der Waals surface area contributed by atoms with Crippen molar-refractivity contribution in [1.29, 1.82) is 5.26 Å². The molecule has 1 aromatic rings. The molecule has 0 saturated heterocycles. The van der Waals surface area contributed by atoms with Crippen LogP contribution in [0.2, 0.25) is 0 Å². The fourth-order valence-electron chi connectivity index (χ4n) is 1.11. The van der Waals surface area contributed by atoms with Crippen LogP contribution in [-0.4, -0.2) is 28.3 Å². The summed E-state index contributed by atoms with van der Waals surface area (Å²) in [7, 11) is 0. The number of hydrogen-bond donors (Lipinski definition) is 3. The lowest BCUT2D eigenvalue weighted by Crippen LogP contribution is -2.41. The molecule has 0 aliphatic rings. The van der Waals surface area contributed by atoms with Crippen LogP contribution >= 0.6 is 15.9 Å². The molecule has 0 aromatic heterocycles. The Kier molecular flexibility index (Phi) is 4.10. The average Bonchev–Trinajstić information content (AvgIpc) is 2.27. The van der Waals surface area contributed by atoms with E-state index in [0.29, 0.717) is 11.3 Å². The van der Waals surface area contributed by atoms with Crippen LogP contribution in [0, 0.1) is 11.3 Å². The van der Waals surface area contributed by atoms with Crippen molar-refractivity contribution in [2.75, 3.05) is 11.9 Å². The van der Waals surface area contributed by atoms with Crippen molar-refractivity contribution >= 4 is 27.6 Å². The summed E-state index contributed by atoms with van der Waals surface area (Å²) in [5.74, 6) is -1.32. The maximum absolute atomic E-state index is 10.7. The molecule has 90 valence electrons.